The minimum absolute atomic E-state index is 0.157. The lowest BCUT2D eigenvalue weighted by Gasteiger charge is -2.34. The van der Waals surface area contributed by atoms with Gasteiger partial charge in [-0.2, -0.15) is 0 Å². The monoisotopic (exact) mass is 173 g/mol. The van der Waals surface area contributed by atoms with Gasteiger partial charge in [0.15, 0.2) is 0 Å². The van der Waals surface area contributed by atoms with Crippen LogP contribution in [0, 0.1) is 10.6 Å². The molecular formula is C9H19NO2. The van der Waals surface area contributed by atoms with Gasteiger partial charge < -0.3 is 9.85 Å². The van der Waals surface area contributed by atoms with Crippen molar-refractivity contribution < 1.29 is 9.44 Å². The van der Waals surface area contributed by atoms with Gasteiger partial charge >= 0.3 is 0 Å². The fraction of sp³-hybridized carbons (Fsp3) is 0.889. The number of nitrogens with zero attached hydrogens (tertiary/aromatic N) is 1. The molecule has 0 amide bonds. The lowest BCUT2D eigenvalue weighted by atomic mass is 9.89. The van der Waals surface area contributed by atoms with Gasteiger partial charge in [0.25, 0.3) is 0 Å². The van der Waals surface area contributed by atoms with Crippen LogP contribution in [-0.2, 0) is 4.79 Å². The van der Waals surface area contributed by atoms with Crippen molar-refractivity contribution in [2.75, 3.05) is 20.6 Å². The van der Waals surface area contributed by atoms with Crippen LogP contribution in [0.3, 0.4) is 0 Å². The first kappa shape index (κ1) is 11.6. The Morgan fingerprint density at radius 1 is 1.33 bits per heavy atom. The first-order valence-corrected chi connectivity index (χ1v) is 4.20. The fourth-order valence-corrected chi connectivity index (χ4v) is 0.746. The summed E-state index contributed by atoms with van der Waals surface area (Å²) in [5.74, 6) is 0.157. The number of hydrogen-bond donors (Lipinski definition) is 0. The SMILES string of the molecule is CC(C)(C)C(=O)CC[N+](C)(C)[O-]. The van der Waals surface area contributed by atoms with Gasteiger partial charge in [-0.3, -0.25) is 4.79 Å². The van der Waals surface area contributed by atoms with E-state index in [4.69, 9.17) is 0 Å². The van der Waals surface area contributed by atoms with E-state index in [1.165, 1.54) is 0 Å². The van der Waals surface area contributed by atoms with E-state index < -0.39 is 0 Å². The third-order valence-corrected chi connectivity index (χ3v) is 1.71. The summed E-state index contributed by atoms with van der Waals surface area (Å²) >= 11 is 0. The molecular weight excluding hydrogens is 154 g/mol. The smallest absolute Gasteiger partial charge is 0.143 e. The van der Waals surface area contributed by atoms with E-state index in [1.807, 2.05) is 20.8 Å². The minimum Gasteiger partial charge on any atom is -0.633 e. The van der Waals surface area contributed by atoms with Crippen molar-refractivity contribution in [1.82, 2.24) is 0 Å². The van der Waals surface area contributed by atoms with E-state index in [-0.39, 0.29) is 15.8 Å². The highest BCUT2D eigenvalue weighted by Crippen LogP contribution is 2.17. The average Bonchev–Trinajstić information content (AvgIpc) is 1.78. The standard InChI is InChI=1S/C9H19NO2/c1-9(2,3)8(11)6-7-10(4,5)12/h6-7H2,1-5H3. The van der Waals surface area contributed by atoms with Crippen molar-refractivity contribution >= 4 is 5.78 Å². The molecule has 0 rings (SSSR count). The third kappa shape index (κ3) is 5.27. The van der Waals surface area contributed by atoms with Gasteiger partial charge in [-0.15, -0.1) is 0 Å². The summed E-state index contributed by atoms with van der Waals surface area (Å²) in [6.45, 7) is 6.00. The molecule has 0 spiro atoms. The lowest BCUT2D eigenvalue weighted by molar-refractivity contribution is -0.839. The summed E-state index contributed by atoms with van der Waals surface area (Å²) in [6.07, 6.45) is 0.375. The Morgan fingerprint density at radius 2 is 1.75 bits per heavy atom. The molecule has 12 heavy (non-hydrogen) atoms. The zero-order valence-electron chi connectivity index (χ0n) is 8.68. The predicted molar refractivity (Wildman–Crippen MR) is 49.4 cm³/mol. The molecule has 0 saturated carbocycles. The molecule has 0 aliphatic rings. The maximum Gasteiger partial charge on any atom is 0.143 e. The molecule has 0 radical (unpaired) electrons. The molecule has 72 valence electrons. The van der Waals surface area contributed by atoms with E-state index in [9.17, 15) is 10.0 Å². The largest absolute Gasteiger partial charge is 0.633 e. The van der Waals surface area contributed by atoms with Gasteiger partial charge in [-0.25, -0.2) is 0 Å². The van der Waals surface area contributed by atoms with Crippen LogP contribution in [0.5, 0.6) is 0 Å². The summed E-state index contributed by atoms with van der Waals surface area (Å²) in [6, 6.07) is 0. The van der Waals surface area contributed by atoms with Crippen LogP contribution in [0.25, 0.3) is 0 Å². The Morgan fingerprint density at radius 3 is 2.00 bits per heavy atom. The summed E-state index contributed by atoms with van der Waals surface area (Å²) in [4.78, 5) is 11.4. The number of ketones is 1. The van der Waals surface area contributed by atoms with E-state index >= 15 is 0 Å². The van der Waals surface area contributed by atoms with Crippen molar-refractivity contribution in [1.29, 1.82) is 0 Å². The van der Waals surface area contributed by atoms with Crippen LogP contribution in [-0.4, -0.2) is 31.1 Å². The maximum absolute atomic E-state index is 11.4. The Bertz CT molecular complexity index is 162. The summed E-state index contributed by atoms with van der Waals surface area (Å²) in [7, 11) is 3.10. The zero-order valence-corrected chi connectivity index (χ0v) is 8.68. The van der Waals surface area contributed by atoms with Gasteiger partial charge in [0.2, 0.25) is 0 Å². The van der Waals surface area contributed by atoms with Gasteiger partial charge in [0.05, 0.1) is 27.1 Å². The number of hydroxylamine groups is 3. The van der Waals surface area contributed by atoms with Gasteiger partial charge in [0.1, 0.15) is 5.78 Å². The Balaban J connectivity index is 3.90. The normalized spacial score (nSPS) is 13.2. The Hall–Kier alpha value is -0.410. The van der Waals surface area contributed by atoms with Crippen LogP contribution < -0.4 is 0 Å². The van der Waals surface area contributed by atoms with E-state index in [1.54, 1.807) is 14.1 Å². The van der Waals surface area contributed by atoms with Crippen LogP contribution in [0.15, 0.2) is 0 Å². The summed E-state index contributed by atoms with van der Waals surface area (Å²) in [5.41, 5.74) is -0.310. The zero-order chi connectivity index (χ0) is 9.99. The van der Waals surface area contributed by atoms with E-state index in [0.29, 0.717) is 13.0 Å². The number of hydrogen-bond acceptors (Lipinski definition) is 2. The number of carbonyl (C=O) groups is 1. The summed E-state index contributed by atoms with van der Waals surface area (Å²) < 4.78 is -0.387. The molecule has 0 heterocycles. The van der Waals surface area contributed by atoms with Crippen molar-refractivity contribution in [2.24, 2.45) is 5.41 Å². The van der Waals surface area contributed by atoms with Crippen LogP contribution >= 0.6 is 0 Å². The molecule has 0 aliphatic heterocycles. The average molecular weight is 173 g/mol. The molecule has 0 fully saturated rings. The summed E-state index contributed by atoms with van der Waals surface area (Å²) in [5, 5.41) is 11.1. The molecule has 3 heteroatoms. The lowest BCUT2D eigenvalue weighted by Crippen LogP contribution is -2.36. The molecule has 0 aromatic carbocycles. The first-order valence-electron chi connectivity index (χ1n) is 4.20. The second-order valence-electron chi connectivity index (χ2n) is 4.72. The van der Waals surface area contributed by atoms with E-state index in [0.717, 1.165) is 0 Å². The Labute approximate surface area is 74.5 Å². The Kier molecular flexibility index (Phi) is 3.42. The minimum atomic E-state index is -0.387. The number of rotatable bonds is 3. The molecule has 0 N–H and O–H groups in total. The molecule has 0 aliphatic carbocycles. The van der Waals surface area contributed by atoms with E-state index in [2.05, 4.69) is 0 Å². The van der Waals surface area contributed by atoms with Gasteiger partial charge in [-0.1, -0.05) is 20.8 Å². The van der Waals surface area contributed by atoms with Crippen molar-refractivity contribution in [3.05, 3.63) is 5.21 Å². The number of quaternary nitrogens is 1. The highest BCUT2D eigenvalue weighted by Gasteiger charge is 2.22. The molecule has 0 atom stereocenters. The van der Waals surface area contributed by atoms with Crippen LogP contribution in [0.4, 0.5) is 0 Å². The van der Waals surface area contributed by atoms with Crippen molar-refractivity contribution in [3.8, 4) is 0 Å². The second-order valence-corrected chi connectivity index (χ2v) is 4.72. The van der Waals surface area contributed by atoms with Gasteiger partial charge in [-0.05, 0) is 0 Å². The molecule has 0 bridgehead atoms. The van der Waals surface area contributed by atoms with Crippen molar-refractivity contribution in [2.45, 2.75) is 27.2 Å². The molecule has 0 unspecified atom stereocenters. The highest BCUT2D eigenvalue weighted by atomic mass is 16.5. The molecule has 0 aromatic heterocycles. The molecule has 3 nitrogen and oxygen atoms in total. The third-order valence-electron chi connectivity index (χ3n) is 1.71. The van der Waals surface area contributed by atoms with Crippen LogP contribution in [0.1, 0.15) is 27.2 Å². The quantitative estimate of drug-likeness (QED) is 0.480. The topological polar surface area (TPSA) is 40.1 Å². The second kappa shape index (κ2) is 3.54. The number of carbonyl (C=O) groups excluding carboxylic acids is 1. The highest BCUT2D eigenvalue weighted by molar-refractivity contribution is 5.83. The maximum atomic E-state index is 11.4. The number of Topliss-reactive ketones (excluding diaryl/α,β-unsaturated/α-hetero) is 1. The fourth-order valence-electron chi connectivity index (χ4n) is 0.746. The first-order chi connectivity index (χ1) is 5.13. The molecule has 0 aromatic rings. The van der Waals surface area contributed by atoms with Crippen molar-refractivity contribution in [3.63, 3.8) is 0 Å². The predicted octanol–water partition coefficient (Wildman–Crippen LogP) is 1.57. The van der Waals surface area contributed by atoms with Crippen LogP contribution in [0.2, 0.25) is 0 Å². The molecule has 0 saturated heterocycles. The van der Waals surface area contributed by atoms with Gasteiger partial charge in [0, 0.05) is 5.41 Å².